The van der Waals surface area contributed by atoms with Crippen LogP contribution in [0.3, 0.4) is 0 Å². The van der Waals surface area contributed by atoms with Crippen LogP contribution in [0.15, 0.2) is 18.2 Å². The topological polar surface area (TPSA) is 76.7 Å². The molecule has 2 N–H and O–H groups in total. The molecule has 0 aromatic heterocycles. The molecule has 0 spiro atoms. The molecule has 1 atom stereocenters. The van der Waals surface area contributed by atoms with Crippen molar-refractivity contribution in [3.8, 4) is 11.5 Å². The summed E-state index contributed by atoms with van der Waals surface area (Å²) < 4.78 is 33.7. The summed E-state index contributed by atoms with van der Waals surface area (Å²) in [6.07, 6.45) is 1.34. The number of hydrogen-bond acceptors (Lipinski definition) is 4. The molecule has 0 radical (unpaired) electrons. The van der Waals surface area contributed by atoms with Crippen LogP contribution in [0.5, 0.6) is 11.5 Å². The van der Waals surface area contributed by atoms with Gasteiger partial charge in [0.15, 0.2) is 11.5 Å². The molecule has 120 valence electrons. The van der Waals surface area contributed by atoms with Gasteiger partial charge in [-0.3, -0.25) is 9.59 Å². The fourth-order valence-electron chi connectivity index (χ4n) is 2.15. The molecule has 0 bridgehead atoms. The van der Waals surface area contributed by atoms with Crippen molar-refractivity contribution < 1.29 is 27.8 Å². The van der Waals surface area contributed by atoms with Crippen molar-refractivity contribution in [2.45, 2.75) is 25.5 Å². The first-order chi connectivity index (χ1) is 10.5. The van der Waals surface area contributed by atoms with Crippen molar-refractivity contribution >= 4 is 11.8 Å². The number of benzene rings is 1. The maximum absolute atomic E-state index is 12.2. The zero-order valence-electron chi connectivity index (χ0n) is 11.9. The summed E-state index contributed by atoms with van der Waals surface area (Å²) in [5.41, 5.74) is 0.192. The van der Waals surface area contributed by atoms with Crippen molar-refractivity contribution in [1.29, 1.82) is 0 Å². The Balaban J connectivity index is 2.10. The van der Waals surface area contributed by atoms with Crippen molar-refractivity contribution in [2.75, 3.05) is 13.7 Å². The Bertz CT molecular complexity index is 566. The zero-order valence-corrected chi connectivity index (χ0v) is 11.9. The summed E-state index contributed by atoms with van der Waals surface area (Å²) in [6.45, 7) is -2.39. The van der Waals surface area contributed by atoms with Crippen LogP contribution < -0.4 is 20.1 Å². The van der Waals surface area contributed by atoms with E-state index < -0.39 is 18.6 Å². The zero-order chi connectivity index (χ0) is 16.1. The van der Waals surface area contributed by atoms with Crippen LogP contribution in [0.25, 0.3) is 0 Å². The highest BCUT2D eigenvalue weighted by Crippen LogP contribution is 2.29. The molecule has 6 nitrogen and oxygen atoms in total. The quantitative estimate of drug-likeness (QED) is 0.859. The molecule has 1 saturated heterocycles. The van der Waals surface area contributed by atoms with E-state index in [2.05, 4.69) is 15.4 Å². The van der Waals surface area contributed by atoms with Crippen LogP contribution >= 0.6 is 0 Å². The molecule has 22 heavy (non-hydrogen) atoms. The van der Waals surface area contributed by atoms with E-state index in [9.17, 15) is 18.4 Å². The van der Waals surface area contributed by atoms with Gasteiger partial charge in [-0.2, -0.15) is 8.78 Å². The van der Waals surface area contributed by atoms with Gasteiger partial charge < -0.3 is 20.1 Å². The fourth-order valence-corrected chi connectivity index (χ4v) is 2.15. The highest BCUT2D eigenvalue weighted by atomic mass is 19.3. The monoisotopic (exact) mass is 314 g/mol. The summed E-state index contributed by atoms with van der Waals surface area (Å²) in [7, 11) is 1.28. The number of amides is 2. The fraction of sp³-hybridized carbons (Fsp3) is 0.429. The van der Waals surface area contributed by atoms with Gasteiger partial charge in [-0.25, -0.2) is 0 Å². The van der Waals surface area contributed by atoms with Gasteiger partial charge in [-0.05, 0) is 31.0 Å². The normalized spacial score (nSPS) is 17.8. The molecule has 2 amide bonds. The van der Waals surface area contributed by atoms with Crippen molar-refractivity contribution in [3.05, 3.63) is 23.8 Å². The number of nitrogens with one attached hydrogen (secondary N) is 2. The predicted octanol–water partition coefficient (Wildman–Crippen LogP) is 1.30. The molecular weight excluding hydrogens is 298 g/mol. The van der Waals surface area contributed by atoms with Gasteiger partial charge in [0.25, 0.3) is 5.91 Å². The van der Waals surface area contributed by atoms with Gasteiger partial charge in [0.2, 0.25) is 5.91 Å². The minimum atomic E-state index is -2.99. The van der Waals surface area contributed by atoms with Crippen LogP contribution in [0.1, 0.15) is 23.2 Å². The molecule has 1 fully saturated rings. The third-order valence-corrected chi connectivity index (χ3v) is 3.23. The average molecular weight is 314 g/mol. The Kier molecular flexibility index (Phi) is 5.13. The summed E-state index contributed by atoms with van der Waals surface area (Å²) in [5, 5.41) is 5.26. The number of ether oxygens (including phenoxy) is 2. The van der Waals surface area contributed by atoms with E-state index in [1.807, 2.05) is 0 Å². The summed E-state index contributed by atoms with van der Waals surface area (Å²) in [4.78, 5) is 23.7. The van der Waals surface area contributed by atoms with Crippen LogP contribution in [0.4, 0.5) is 8.78 Å². The number of hydrogen-bond donors (Lipinski definition) is 2. The van der Waals surface area contributed by atoms with Gasteiger partial charge in [-0.15, -0.1) is 0 Å². The highest BCUT2D eigenvalue weighted by Gasteiger charge is 2.24. The largest absolute Gasteiger partial charge is 0.493 e. The number of alkyl halides is 2. The van der Waals surface area contributed by atoms with Crippen LogP contribution in [-0.2, 0) is 4.79 Å². The maximum Gasteiger partial charge on any atom is 0.387 e. The number of methoxy groups -OCH3 is 1. The van der Waals surface area contributed by atoms with Gasteiger partial charge in [-0.1, -0.05) is 0 Å². The summed E-state index contributed by atoms with van der Waals surface area (Å²) in [5.74, 6) is -0.862. The van der Waals surface area contributed by atoms with E-state index in [0.29, 0.717) is 13.0 Å². The van der Waals surface area contributed by atoms with E-state index in [1.165, 1.54) is 25.3 Å². The standard InChI is InChI=1S/C14H16F2N2O4/c1-21-11-7-8(4-5-10(11)22-14(15)16)12(19)18-9-3-2-6-17-13(9)20/h4-5,7,9,14H,2-3,6H2,1H3,(H,17,20)(H,18,19)/t9-/m1/s1. The first kappa shape index (κ1) is 16.0. The second-order valence-corrected chi connectivity index (χ2v) is 4.70. The van der Waals surface area contributed by atoms with Gasteiger partial charge in [0, 0.05) is 12.1 Å². The molecule has 1 aliphatic rings. The SMILES string of the molecule is COc1cc(C(=O)N[C@@H]2CCCNC2=O)ccc1OC(F)F. The van der Waals surface area contributed by atoms with Crippen LogP contribution in [0.2, 0.25) is 0 Å². The van der Waals surface area contributed by atoms with Crippen molar-refractivity contribution in [2.24, 2.45) is 0 Å². The third-order valence-electron chi connectivity index (χ3n) is 3.23. The Labute approximate surface area is 125 Å². The second kappa shape index (κ2) is 7.06. The average Bonchev–Trinajstić information content (AvgIpc) is 2.49. The van der Waals surface area contributed by atoms with E-state index in [1.54, 1.807) is 0 Å². The van der Waals surface area contributed by atoms with E-state index in [4.69, 9.17) is 4.74 Å². The Hall–Kier alpha value is -2.38. The molecule has 1 heterocycles. The lowest BCUT2D eigenvalue weighted by Gasteiger charge is -2.22. The Morgan fingerprint density at radius 3 is 2.82 bits per heavy atom. The second-order valence-electron chi connectivity index (χ2n) is 4.70. The molecule has 0 aliphatic carbocycles. The molecule has 2 rings (SSSR count). The number of halogens is 2. The lowest BCUT2D eigenvalue weighted by atomic mass is 10.1. The Morgan fingerprint density at radius 1 is 1.41 bits per heavy atom. The molecule has 1 aliphatic heterocycles. The molecule has 1 aromatic rings. The number of carbonyl (C=O) groups excluding carboxylic acids is 2. The minimum Gasteiger partial charge on any atom is -0.493 e. The van der Waals surface area contributed by atoms with E-state index in [0.717, 1.165) is 6.42 Å². The van der Waals surface area contributed by atoms with Gasteiger partial charge in [0.1, 0.15) is 6.04 Å². The maximum atomic E-state index is 12.2. The molecule has 0 saturated carbocycles. The first-order valence-corrected chi connectivity index (χ1v) is 6.72. The first-order valence-electron chi connectivity index (χ1n) is 6.72. The highest BCUT2D eigenvalue weighted by molar-refractivity contribution is 5.98. The lowest BCUT2D eigenvalue weighted by molar-refractivity contribution is -0.124. The molecular formula is C14H16F2N2O4. The lowest BCUT2D eigenvalue weighted by Crippen LogP contribution is -2.50. The van der Waals surface area contributed by atoms with Crippen molar-refractivity contribution in [1.82, 2.24) is 10.6 Å². The number of rotatable bonds is 5. The number of piperidine rings is 1. The van der Waals surface area contributed by atoms with Gasteiger partial charge in [0.05, 0.1) is 7.11 Å². The number of carbonyl (C=O) groups is 2. The summed E-state index contributed by atoms with van der Waals surface area (Å²) in [6, 6.07) is 3.24. The van der Waals surface area contributed by atoms with Gasteiger partial charge >= 0.3 is 6.61 Å². The predicted molar refractivity (Wildman–Crippen MR) is 73.1 cm³/mol. The van der Waals surface area contributed by atoms with Crippen molar-refractivity contribution in [3.63, 3.8) is 0 Å². The third kappa shape index (κ3) is 3.84. The minimum absolute atomic E-state index is 0.0149. The molecule has 1 aromatic carbocycles. The van der Waals surface area contributed by atoms with E-state index >= 15 is 0 Å². The van der Waals surface area contributed by atoms with E-state index in [-0.39, 0.29) is 23.0 Å². The van der Waals surface area contributed by atoms with Crippen LogP contribution in [-0.4, -0.2) is 38.1 Å². The molecule has 0 unspecified atom stereocenters. The summed E-state index contributed by atoms with van der Waals surface area (Å²) >= 11 is 0. The Morgan fingerprint density at radius 2 is 2.18 bits per heavy atom. The molecule has 8 heteroatoms. The van der Waals surface area contributed by atoms with Crippen LogP contribution in [0, 0.1) is 0 Å². The smallest absolute Gasteiger partial charge is 0.387 e.